The van der Waals surface area contributed by atoms with E-state index in [1.165, 1.54) is 19.3 Å². The summed E-state index contributed by atoms with van der Waals surface area (Å²) < 4.78 is 5.65. The van der Waals surface area contributed by atoms with Crippen LogP contribution in [0.4, 0.5) is 0 Å². The van der Waals surface area contributed by atoms with Crippen molar-refractivity contribution in [2.24, 2.45) is 5.92 Å². The monoisotopic (exact) mass is 363 g/mol. The molecule has 0 spiro atoms. The van der Waals surface area contributed by atoms with Gasteiger partial charge in [-0.15, -0.1) is 0 Å². The summed E-state index contributed by atoms with van der Waals surface area (Å²) in [4.78, 5) is 0. The van der Waals surface area contributed by atoms with Crippen molar-refractivity contribution in [1.29, 1.82) is 0 Å². The van der Waals surface area contributed by atoms with Crippen molar-refractivity contribution in [2.75, 3.05) is 26.4 Å². The molecule has 7 N–H and O–H groups in total. The number of aliphatic hydroxyl groups excluding tert-OH is 5. The number of aliphatic hydroxyl groups is 6. The highest BCUT2D eigenvalue weighted by atomic mass is 16.5. The van der Waals surface area contributed by atoms with E-state index in [9.17, 15) is 30.6 Å². The van der Waals surface area contributed by atoms with Crippen molar-refractivity contribution in [2.45, 2.75) is 74.5 Å². The van der Waals surface area contributed by atoms with E-state index in [2.05, 4.69) is 5.32 Å². The van der Waals surface area contributed by atoms with Gasteiger partial charge in [0.05, 0.1) is 32.0 Å². The third kappa shape index (κ3) is 5.33. The minimum atomic E-state index is -1.71. The first-order chi connectivity index (χ1) is 11.9. The average Bonchev–Trinajstić information content (AvgIpc) is 2.63. The molecule has 5 atom stereocenters. The number of nitrogens with one attached hydrogen (secondary N) is 1. The summed E-state index contributed by atoms with van der Waals surface area (Å²) in [7, 11) is 0. The predicted octanol–water partition coefficient (Wildman–Crippen LogP) is -1.89. The topological polar surface area (TPSA) is 143 Å². The maximum absolute atomic E-state index is 10.8. The Kier molecular flexibility index (Phi) is 8.03. The molecule has 2 aliphatic carbocycles. The number of hydrogen-bond donors (Lipinski definition) is 7. The SMILES string of the molecule is OCC(CO)N[C@H]1C[C@](O)(COCC2CCCCC2)[C@@H](O)[C@H](O)[C@H]1O. The molecule has 0 saturated heterocycles. The maximum Gasteiger partial charge on any atom is 0.118 e. The van der Waals surface area contributed by atoms with Crippen molar-refractivity contribution < 1.29 is 35.4 Å². The summed E-state index contributed by atoms with van der Waals surface area (Å²) in [6.45, 7) is -0.346. The molecule has 2 saturated carbocycles. The van der Waals surface area contributed by atoms with E-state index in [0.717, 1.165) is 12.8 Å². The lowest BCUT2D eigenvalue weighted by molar-refractivity contribution is -0.214. The van der Waals surface area contributed by atoms with Crippen LogP contribution in [0.15, 0.2) is 0 Å². The lowest BCUT2D eigenvalue weighted by atomic mass is 9.76. The molecular formula is C17H33NO7. The Labute approximate surface area is 148 Å². The highest BCUT2D eigenvalue weighted by Crippen LogP contribution is 2.31. The normalized spacial score (nSPS) is 37.6. The van der Waals surface area contributed by atoms with E-state index in [-0.39, 0.29) is 26.2 Å². The highest BCUT2D eigenvalue weighted by Gasteiger charge is 2.51. The average molecular weight is 363 g/mol. The van der Waals surface area contributed by atoms with Crippen LogP contribution in [0.5, 0.6) is 0 Å². The minimum Gasteiger partial charge on any atom is -0.395 e. The first-order valence-electron chi connectivity index (χ1n) is 9.23. The van der Waals surface area contributed by atoms with Crippen LogP contribution in [-0.4, -0.2) is 93.1 Å². The summed E-state index contributed by atoms with van der Waals surface area (Å²) in [6.07, 6.45) is 1.34. The molecule has 0 unspecified atom stereocenters. The molecule has 0 radical (unpaired) electrons. The second-order valence-corrected chi connectivity index (χ2v) is 7.59. The fraction of sp³-hybridized carbons (Fsp3) is 1.00. The molecule has 2 aliphatic rings. The van der Waals surface area contributed by atoms with Crippen LogP contribution in [0.3, 0.4) is 0 Å². The van der Waals surface area contributed by atoms with E-state index in [0.29, 0.717) is 12.5 Å². The van der Waals surface area contributed by atoms with E-state index < -0.39 is 36.0 Å². The summed E-state index contributed by atoms with van der Waals surface area (Å²) in [5.41, 5.74) is -1.71. The smallest absolute Gasteiger partial charge is 0.118 e. The molecule has 2 rings (SSSR count). The highest BCUT2D eigenvalue weighted by molar-refractivity contribution is 5.05. The summed E-state index contributed by atoms with van der Waals surface area (Å²) >= 11 is 0. The Morgan fingerprint density at radius 3 is 2.24 bits per heavy atom. The number of rotatable bonds is 8. The lowest BCUT2D eigenvalue weighted by Crippen LogP contribution is -2.68. The quantitative estimate of drug-likeness (QED) is 0.265. The first kappa shape index (κ1) is 21.0. The molecule has 2 fully saturated rings. The number of ether oxygens (including phenoxy) is 1. The van der Waals surface area contributed by atoms with E-state index in [1.807, 2.05) is 0 Å². The maximum atomic E-state index is 10.8. The van der Waals surface area contributed by atoms with Gasteiger partial charge in [0.1, 0.15) is 17.8 Å². The third-order valence-electron chi connectivity index (χ3n) is 5.53. The Morgan fingerprint density at radius 1 is 1.00 bits per heavy atom. The molecule has 0 aromatic rings. The predicted molar refractivity (Wildman–Crippen MR) is 89.9 cm³/mol. The van der Waals surface area contributed by atoms with Gasteiger partial charge in [-0.3, -0.25) is 0 Å². The molecule has 8 heteroatoms. The fourth-order valence-corrected chi connectivity index (χ4v) is 3.89. The summed E-state index contributed by atoms with van der Waals surface area (Å²) in [6, 6.07) is -1.47. The van der Waals surface area contributed by atoms with Crippen LogP contribution >= 0.6 is 0 Å². The van der Waals surface area contributed by atoms with Gasteiger partial charge in [0, 0.05) is 12.6 Å². The van der Waals surface area contributed by atoms with Crippen LogP contribution in [0.1, 0.15) is 38.5 Å². The van der Waals surface area contributed by atoms with Gasteiger partial charge in [-0.2, -0.15) is 0 Å². The Morgan fingerprint density at radius 2 is 1.64 bits per heavy atom. The zero-order valence-corrected chi connectivity index (χ0v) is 14.6. The van der Waals surface area contributed by atoms with Gasteiger partial charge in [0.15, 0.2) is 0 Å². The van der Waals surface area contributed by atoms with E-state index >= 15 is 0 Å². The largest absolute Gasteiger partial charge is 0.395 e. The molecular weight excluding hydrogens is 330 g/mol. The van der Waals surface area contributed by atoms with Gasteiger partial charge in [-0.05, 0) is 25.2 Å². The minimum absolute atomic E-state index is 0.0619. The molecule has 25 heavy (non-hydrogen) atoms. The van der Waals surface area contributed by atoms with Crippen molar-refractivity contribution in [1.82, 2.24) is 5.32 Å². The van der Waals surface area contributed by atoms with Crippen molar-refractivity contribution in [3.63, 3.8) is 0 Å². The van der Waals surface area contributed by atoms with Crippen LogP contribution in [0.2, 0.25) is 0 Å². The molecule has 0 bridgehead atoms. The first-order valence-corrected chi connectivity index (χ1v) is 9.23. The van der Waals surface area contributed by atoms with E-state index in [4.69, 9.17) is 4.74 Å². The fourth-order valence-electron chi connectivity index (χ4n) is 3.89. The third-order valence-corrected chi connectivity index (χ3v) is 5.53. The molecule has 0 aliphatic heterocycles. The van der Waals surface area contributed by atoms with Gasteiger partial charge >= 0.3 is 0 Å². The molecule has 0 aromatic heterocycles. The van der Waals surface area contributed by atoms with Crippen molar-refractivity contribution in [3.8, 4) is 0 Å². The van der Waals surface area contributed by atoms with Crippen LogP contribution in [-0.2, 0) is 4.74 Å². The summed E-state index contributed by atoms with van der Waals surface area (Å²) in [5.74, 6) is 0.454. The van der Waals surface area contributed by atoms with Crippen LogP contribution in [0.25, 0.3) is 0 Å². The standard InChI is InChI=1S/C17H33NO7/c19-7-12(8-20)18-13-6-17(24,16(23)15(22)14(13)21)10-25-9-11-4-2-1-3-5-11/h11-16,18-24H,1-10H2/t13-,14-,15+,16-,17-/m0/s1. The van der Waals surface area contributed by atoms with Gasteiger partial charge in [0.25, 0.3) is 0 Å². The zero-order valence-electron chi connectivity index (χ0n) is 14.6. The molecule has 148 valence electrons. The van der Waals surface area contributed by atoms with Crippen LogP contribution < -0.4 is 5.32 Å². The van der Waals surface area contributed by atoms with E-state index in [1.54, 1.807) is 0 Å². The summed E-state index contributed by atoms with van der Waals surface area (Å²) in [5, 5.41) is 62.3. The molecule has 0 aromatic carbocycles. The Hall–Kier alpha value is -0.320. The Bertz CT molecular complexity index is 389. The zero-order chi connectivity index (χ0) is 18.4. The van der Waals surface area contributed by atoms with Crippen molar-refractivity contribution in [3.05, 3.63) is 0 Å². The molecule has 8 nitrogen and oxygen atoms in total. The van der Waals surface area contributed by atoms with Gasteiger partial charge in [0.2, 0.25) is 0 Å². The molecule has 0 amide bonds. The van der Waals surface area contributed by atoms with Crippen molar-refractivity contribution >= 4 is 0 Å². The van der Waals surface area contributed by atoms with Gasteiger partial charge in [-0.25, -0.2) is 0 Å². The van der Waals surface area contributed by atoms with Crippen LogP contribution in [0, 0.1) is 5.92 Å². The van der Waals surface area contributed by atoms with Gasteiger partial charge in [-0.1, -0.05) is 19.3 Å². The van der Waals surface area contributed by atoms with Gasteiger partial charge < -0.3 is 40.7 Å². The molecule has 0 heterocycles. The lowest BCUT2D eigenvalue weighted by Gasteiger charge is -2.46. The number of hydrogen-bond acceptors (Lipinski definition) is 8. The Balaban J connectivity index is 1.93. The second kappa shape index (κ2) is 9.57. The second-order valence-electron chi connectivity index (χ2n) is 7.59.